The summed E-state index contributed by atoms with van der Waals surface area (Å²) in [5.74, 6) is -0.0466. The molecule has 0 radical (unpaired) electrons. The molecule has 2 aromatic heterocycles. The lowest BCUT2D eigenvalue weighted by atomic mass is 9.86. The van der Waals surface area contributed by atoms with E-state index in [-0.39, 0.29) is 11.3 Å². The van der Waals surface area contributed by atoms with Gasteiger partial charge in [-0.25, -0.2) is 4.98 Å². The highest BCUT2D eigenvalue weighted by Gasteiger charge is 2.21. The van der Waals surface area contributed by atoms with Gasteiger partial charge in [-0.15, -0.1) is 0 Å². The van der Waals surface area contributed by atoms with Gasteiger partial charge in [0.25, 0.3) is 0 Å². The Kier molecular flexibility index (Phi) is 4.18. The summed E-state index contributed by atoms with van der Waals surface area (Å²) in [4.78, 5) is 5.31. The molecular weight excluding hydrogens is 314 g/mol. The Morgan fingerprint density at radius 2 is 1.79 bits per heavy atom. The number of pyridine rings is 1. The molecule has 1 unspecified atom stereocenters. The van der Waals surface area contributed by atoms with Crippen molar-refractivity contribution < 1.29 is 0 Å². The molecule has 0 bridgehead atoms. The van der Waals surface area contributed by atoms with E-state index in [2.05, 4.69) is 49.4 Å². The lowest BCUT2D eigenvalue weighted by Gasteiger charge is -2.19. The number of rotatable bonds is 3. The number of nitrogens with zero attached hydrogens (tertiary/aromatic N) is 2. The van der Waals surface area contributed by atoms with Crippen molar-refractivity contribution in [1.29, 1.82) is 0 Å². The number of nitrogens with two attached hydrogens (primary N) is 1. The van der Waals surface area contributed by atoms with Crippen LogP contribution in [0.5, 0.6) is 0 Å². The summed E-state index contributed by atoms with van der Waals surface area (Å²) in [7, 11) is 0. The van der Waals surface area contributed by atoms with Crippen LogP contribution in [0.2, 0.25) is 0 Å². The van der Waals surface area contributed by atoms with Gasteiger partial charge in [0.15, 0.2) is 0 Å². The van der Waals surface area contributed by atoms with Gasteiger partial charge < -0.3 is 10.1 Å². The minimum absolute atomic E-state index is 0.0466. The molecule has 0 spiro atoms. The standard InChI is InChI=1S/C20H23N3S/c1-13(19(21)24)18-17(22-16-7-5-6-12-23(16)18)14-8-10-15(11-9-14)20(2,3)4/h5-13H,1-4H3,(H2,21,24). The number of hydrogen-bond acceptors (Lipinski definition) is 2. The molecule has 4 heteroatoms. The minimum atomic E-state index is -0.0466. The largest absolute Gasteiger partial charge is 0.393 e. The zero-order chi connectivity index (χ0) is 17.5. The Bertz CT molecular complexity index is 885. The maximum atomic E-state index is 5.94. The Labute approximate surface area is 148 Å². The Morgan fingerprint density at radius 3 is 2.38 bits per heavy atom. The summed E-state index contributed by atoms with van der Waals surface area (Å²) in [5, 5.41) is 0. The van der Waals surface area contributed by atoms with Gasteiger partial charge >= 0.3 is 0 Å². The van der Waals surface area contributed by atoms with Gasteiger partial charge in [0.05, 0.1) is 16.4 Å². The SMILES string of the molecule is CC(C(N)=S)c1c(-c2ccc(C(C)(C)C)cc2)nc2ccccn12. The van der Waals surface area contributed by atoms with E-state index in [0.717, 1.165) is 22.6 Å². The van der Waals surface area contributed by atoms with Crippen LogP contribution in [0.3, 0.4) is 0 Å². The molecule has 0 saturated heterocycles. The normalized spacial score (nSPS) is 13.2. The van der Waals surface area contributed by atoms with Crippen LogP contribution in [0.1, 0.15) is 44.9 Å². The van der Waals surface area contributed by atoms with Crippen molar-refractivity contribution in [3.8, 4) is 11.3 Å². The van der Waals surface area contributed by atoms with Gasteiger partial charge in [-0.1, -0.05) is 70.2 Å². The summed E-state index contributed by atoms with van der Waals surface area (Å²) < 4.78 is 2.08. The number of hydrogen-bond donors (Lipinski definition) is 1. The molecule has 1 aromatic carbocycles. The second-order valence-electron chi connectivity index (χ2n) is 7.23. The average molecular weight is 337 g/mol. The zero-order valence-electron chi connectivity index (χ0n) is 14.6. The zero-order valence-corrected chi connectivity index (χ0v) is 15.4. The van der Waals surface area contributed by atoms with Crippen LogP contribution in [0, 0.1) is 0 Å². The smallest absolute Gasteiger partial charge is 0.137 e. The molecule has 0 saturated carbocycles. The van der Waals surface area contributed by atoms with Crippen molar-refractivity contribution in [2.45, 2.75) is 39.0 Å². The molecule has 3 aromatic rings. The molecule has 24 heavy (non-hydrogen) atoms. The molecule has 124 valence electrons. The van der Waals surface area contributed by atoms with Gasteiger partial charge in [-0.05, 0) is 23.1 Å². The van der Waals surface area contributed by atoms with E-state index < -0.39 is 0 Å². The van der Waals surface area contributed by atoms with E-state index in [0.29, 0.717) is 4.99 Å². The first-order valence-corrected chi connectivity index (χ1v) is 8.57. The Balaban J connectivity index is 2.18. The van der Waals surface area contributed by atoms with E-state index >= 15 is 0 Å². The average Bonchev–Trinajstić information content (AvgIpc) is 2.92. The van der Waals surface area contributed by atoms with Crippen LogP contribution >= 0.6 is 12.2 Å². The molecular formula is C20H23N3S. The van der Waals surface area contributed by atoms with Crippen molar-refractivity contribution in [3.05, 3.63) is 59.9 Å². The van der Waals surface area contributed by atoms with Gasteiger partial charge in [0.2, 0.25) is 0 Å². The van der Waals surface area contributed by atoms with E-state index in [1.807, 2.05) is 31.3 Å². The second-order valence-corrected chi connectivity index (χ2v) is 7.70. The monoisotopic (exact) mass is 337 g/mol. The van der Waals surface area contributed by atoms with Crippen LogP contribution in [0.4, 0.5) is 0 Å². The van der Waals surface area contributed by atoms with Gasteiger partial charge in [-0.2, -0.15) is 0 Å². The molecule has 1 atom stereocenters. The fourth-order valence-electron chi connectivity index (χ4n) is 2.90. The predicted molar refractivity (Wildman–Crippen MR) is 105 cm³/mol. The molecule has 0 amide bonds. The van der Waals surface area contributed by atoms with Crippen molar-refractivity contribution in [2.75, 3.05) is 0 Å². The first-order valence-electron chi connectivity index (χ1n) is 8.16. The highest BCUT2D eigenvalue weighted by Crippen LogP contribution is 2.32. The summed E-state index contributed by atoms with van der Waals surface area (Å²) >= 11 is 5.25. The molecule has 2 heterocycles. The number of benzene rings is 1. The summed E-state index contributed by atoms with van der Waals surface area (Å²) in [5.41, 5.74) is 11.4. The lowest BCUT2D eigenvalue weighted by molar-refractivity contribution is 0.590. The van der Waals surface area contributed by atoms with Crippen LogP contribution < -0.4 is 5.73 Å². The molecule has 0 aliphatic carbocycles. The summed E-state index contributed by atoms with van der Waals surface area (Å²) in [6.07, 6.45) is 2.01. The van der Waals surface area contributed by atoms with Crippen LogP contribution in [0.15, 0.2) is 48.7 Å². The fraction of sp³-hybridized carbons (Fsp3) is 0.300. The topological polar surface area (TPSA) is 43.3 Å². The maximum absolute atomic E-state index is 5.94. The first-order chi connectivity index (χ1) is 11.3. The highest BCUT2D eigenvalue weighted by molar-refractivity contribution is 7.80. The molecule has 0 fully saturated rings. The van der Waals surface area contributed by atoms with Crippen molar-refractivity contribution >= 4 is 22.9 Å². The number of fused-ring (bicyclic) bond motifs is 1. The third-order valence-corrected chi connectivity index (χ3v) is 4.78. The number of thiocarbonyl (C=S) groups is 1. The third-order valence-electron chi connectivity index (χ3n) is 4.43. The maximum Gasteiger partial charge on any atom is 0.137 e. The predicted octanol–water partition coefficient (Wildman–Crippen LogP) is 4.69. The molecule has 0 aliphatic rings. The fourth-order valence-corrected chi connectivity index (χ4v) is 3.02. The van der Waals surface area contributed by atoms with Crippen LogP contribution in [0.25, 0.3) is 16.9 Å². The van der Waals surface area contributed by atoms with Gasteiger partial charge in [0, 0.05) is 17.7 Å². The van der Waals surface area contributed by atoms with E-state index in [1.165, 1.54) is 5.56 Å². The minimum Gasteiger partial charge on any atom is -0.393 e. The number of imidazole rings is 1. The van der Waals surface area contributed by atoms with E-state index in [1.54, 1.807) is 0 Å². The van der Waals surface area contributed by atoms with Crippen molar-refractivity contribution in [1.82, 2.24) is 9.38 Å². The third kappa shape index (κ3) is 2.94. The molecule has 0 aliphatic heterocycles. The van der Waals surface area contributed by atoms with Crippen LogP contribution in [-0.2, 0) is 5.41 Å². The molecule has 3 nitrogen and oxygen atoms in total. The lowest BCUT2D eigenvalue weighted by Crippen LogP contribution is -2.18. The van der Waals surface area contributed by atoms with Crippen molar-refractivity contribution in [2.24, 2.45) is 5.73 Å². The van der Waals surface area contributed by atoms with E-state index in [4.69, 9.17) is 22.9 Å². The second kappa shape index (κ2) is 6.02. The summed E-state index contributed by atoms with van der Waals surface area (Å²) in [6.45, 7) is 8.68. The highest BCUT2D eigenvalue weighted by atomic mass is 32.1. The first kappa shape index (κ1) is 16.7. The summed E-state index contributed by atoms with van der Waals surface area (Å²) in [6, 6.07) is 14.6. The Morgan fingerprint density at radius 1 is 1.12 bits per heavy atom. The van der Waals surface area contributed by atoms with Gasteiger partial charge in [-0.3, -0.25) is 0 Å². The van der Waals surface area contributed by atoms with E-state index in [9.17, 15) is 0 Å². The van der Waals surface area contributed by atoms with Crippen molar-refractivity contribution in [3.63, 3.8) is 0 Å². The Hall–Kier alpha value is -2.20. The molecule has 3 rings (SSSR count). The molecule has 2 N–H and O–H groups in total. The van der Waals surface area contributed by atoms with Crippen LogP contribution in [-0.4, -0.2) is 14.4 Å². The van der Waals surface area contributed by atoms with Gasteiger partial charge in [0.1, 0.15) is 5.65 Å². The quantitative estimate of drug-likeness (QED) is 0.705. The number of aromatic nitrogens is 2.